The van der Waals surface area contributed by atoms with Crippen molar-refractivity contribution in [2.45, 2.75) is 39.2 Å². The van der Waals surface area contributed by atoms with Gasteiger partial charge in [0.1, 0.15) is 15.5 Å². The second kappa shape index (κ2) is 8.34. The number of hydrogen-bond acceptors (Lipinski definition) is 8. The number of esters is 1. The number of tetrazole rings is 1. The zero-order chi connectivity index (χ0) is 20.3. The molecule has 3 rings (SSSR count). The number of carbonyl (C=O) groups is 1. The van der Waals surface area contributed by atoms with Crippen LogP contribution in [-0.2, 0) is 21.1 Å². The average Bonchev–Trinajstić information content (AvgIpc) is 3.09. The van der Waals surface area contributed by atoms with Crippen LogP contribution in [0.2, 0.25) is 0 Å². The molecular weight excluding hydrogens is 382 g/mol. The highest BCUT2D eigenvalue weighted by Gasteiger charge is 2.25. The van der Waals surface area contributed by atoms with Gasteiger partial charge in [-0.15, -0.1) is 10.2 Å². The predicted octanol–water partition coefficient (Wildman–Crippen LogP) is 1.68. The molecule has 2 heterocycles. The monoisotopic (exact) mass is 407 g/mol. The van der Waals surface area contributed by atoms with Crippen LogP contribution in [0, 0.1) is 18.8 Å². The third kappa shape index (κ3) is 5.34. The Bertz CT molecular complexity index is 949. The van der Waals surface area contributed by atoms with Gasteiger partial charge in [0.25, 0.3) is 0 Å². The van der Waals surface area contributed by atoms with Gasteiger partial charge in [-0.05, 0) is 61.8 Å². The van der Waals surface area contributed by atoms with Crippen molar-refractivity contribution in [1.82, 2.24) is 25.2 Å². The molecule has 1 aliphatic carbocycles. The molecule has 0 radical (unpaired) electrons. The summed E-state index contributed by atoms with van der Waals surface area (Å²) in [6.07, 6.45) is 5.03. The standard InChI is InChI=1S/C18H25N5O4S/c1-12-8-15(9-16(19-12)18(24)27-2)17-20-22-23(21-17)10-13-4-6-14(7-5-13)11-28(3,25)26/h8-9,13-14H,4-7,10-11H2,1-3H3/t13-,14-. The molecule has 2 aromatic heterocycles. The molecule has 1 saturated carbocycles. The molecular formula is C18H25N5O4S. The molecule has 0 unspecified atom stereocenters. The Hall–Kier alpha value is -2.36. The first kappa shape index (κ1) is 20.4. The molecule has 1 fully saturated rings. The molecule has 10 heteroatoms. The van der Waals surface area contributed by atoms with Crippen LogP contribution in [0.3, 0.4) is 0 Å². The highest BCUT2D eigenvalue weighted by Crippen LogP contribution is 2.30. The van der Waals surface area contributed by atoms with Crippen molar-refractivity contribution in [3.63, 3.8) is 0 Å². The number of rotatable bonds is 6. The molecule has 9 nitrogen and oxygen atoms in total. The molecule has 28 heavy (non-hydrogen) atoms. The van der Waals surface area contributed by atoms with E-state index in [4.69, 9.17) is 4.74 Å². The summed E-state index contributed by atoms with van der Waals surface area (Å²) in [5.74, 6) is 0.851. The Morgan fingerprint density at radius 1 is 1.21 bits per heavy atom. The second-order valence-electron chi connectivity index (χ2n) is 7.52. The van der Waals surface area contributed by atoms with E-state index in [0.717, 1.165) is 25.7 Å². The number of hydrogen-bond donors (Lipinski definition) is 0. The van der Waals surface area contributed by atoms with Gasteiger partial charge in [0.05, 0.1) is 19.4 Å². The zero-order valence-electron chi connectivity index (χ0n) is 16.3. The average molecular weight is 407 g/mol. The van der Waals surface area contributed by atoms with Crippen molar-refractivity contribution in [1.29, 1.82) is 0 Å². The summed E-state index contributed by atoms with van der Waals surface area (Å²) in [6, 6.07) is 3.39. The topological polar surface area (TPSA) is 117 Å². The lowest BCUT2D eigenvalue weighted by atomic mass is 9.83. The Morgan fingerprint density at radius 3 is 2.54 bits per heavy atom. The van der Waals surface area contributed by atoms with Crippen LogP contribution in [0.1, 0.15) is 41.9 Å². The van der Waals surface area contributed by atoms with E-state index in [-0.39, 0.29) is 17.4 Å². The largest absolute Gasteiger partial charge is 0.464 e. The quantitative estimate of drug-likeness (QED) is 0.664. The van der Waals surface area contributed by atoms with Gasteiger partial charge in [0, 0.05) is 17.5 Å². The number of ether oxygens (including phenoxy) is 1. The van der Waals surface area contributed by atoms with Crippen LogP contribution in [0.4, 0.5) is 0 Å². The van der Waals surface area contributed by atoms with Gasteiger partial charge in [-0.3, -0.25) is 0 Å². The van der Waals surface area contributed by atoms with Crippen molar-refractivity contribution in [2.24, 2.45) is 11.8 Å². The Labute approximate surface area is 164 Å². The second-order valence-corrected chi connectivity index (χ2v) is 9.71. The third-order valence-electron chi connectivity index (χ3n) is 4.99. The summed E-state index contributed by atoms with van der Waals surface area (Å²) in [5.41, 5.74) is 1.53. The number of sulfone groups is 1. The van der Waals surface area contributed by atoms with Crippen molar-refractivity contribution in [3.8, 4) is 11.4 Å². The summed E-state index contributed by atoms with van der Waals surface area (Å²) in [5, 5.41) is 12.7. The van der Waals surface area contributed by atoms with Gasteiger partial charge in [-0.2, -0.15) is 4.80 Å². The Kier molecular flexibility index (Phi) is 6.07. The zero-order valence-corrected chi connectivity index (χ0v) is 17.1. The van der Waals surface area contributed by atoms with Crippen LogP contribution in [0.15, 0.2) is 12.1 Å². The summed E-state index contributed by atoms with van der Waals surface area (Å²) in [6.45, 7) is 2.43. The fourth-order valence-corrected chi connectivity index (χ4v) is 4.87. The number of methoxy groups -OCH3 is 1. The highest BCUT2D eigenvalue weighted by molar-refractivity contribution is 7.90. The molecule has 0 bridgehead atoms. The van der Waals surface area contributed by atoms with E-state index in [1.54, 1.807) is 23.9 Å². The molecule has 0 aromatic carbocycles. The molecule has 0 atom stereocenters. The van der Waals surface area contributed by atoms with E-state index in [1.165, 1.54) is 13.4 Å². The molecule has 0 spiro atoms. The summed E-state index contributed by atoms with van der Waals surface area (Å²) >= 11 is 0. The van der Waals surface area contributed by atoms with Crippen molar-refractivity contribution in [3.05, 3.63) is 23.5 Å². The minimum Gasteiger partial charge on any atom is -0.464 e. The fourth-order valence-electron chi connectivity index (χ4n) is 3.68. The highest BCUT2D eigenvalue weighted by atomic mass is 32.2. The summed E-state index contributed by atoms with van der Waals surface area (Å²) < 4.78 is 27.6. The number of pyridine rings is 1. The molecule has 2 aromatic rings. The predicted molar refractivity (Wildman–Crippen MR) is 102 cm³/mol. The molecule has 0 N–H and O–H groups in total. The van der Waals surface area contributed by atoms with Crippen molar-refractivity contribution < 1.29 is 17.9 Å². The van der Waals surface area contributed by atoms with Crippen molar-refractivity contribution >= 4 is 15.8 Å². The van der Waals surface area contributed by atoms with E-state index < -0.39 is 15.8 Å². The van der Waals surface area contributed by atoms with Gasteiger partial charge in [0.15, 0.2) is 0 Å². The molecule has 0 saturated heterocycles. The summed E-state index contributed by atoms with van der Waals surface area (Å²) in [4.78, 5) is 17.5. The number of carbonyl (C=O) groups excluding carboxylic acids is 1. The lowest BCUT2D eigenvalue weighted by Crippen LogP contribution is -2.24. The maximum atomic E-state index is 11.7. The fraction of sp³-hybridized carbons (Fsp3) is 0.611. The number of nitrogens with zero attached hydrogens (tertiary/aromatic N) is 5. The Balaban J connectivity index is 1.64. The third-order valence-corrected chi connectivity index (χ3v) is 6.06. The molecule has 1 aliphatic rings. The van der Waals surface area contributed by atoms with E-state index in [9.17, 15) is 13.2 Å². The van der Waals surface area contributed by atoms with Gasteiger partial charge >= 0.3 is 5.97 Å². The number of aromatic nitrogens is 5. The van der Waals surface area contributed by atoms with Gasteiger partial charge in [-0.1, -0.05) is 0 Å². The lowest BCUT2D eigenvalue weighted by Gasteiger charge is -2.27. The lowest BCUT2D eigenvalue weighted by molar-refractivity contribution is 0.0594. The molecule has 0 amide bonds. The molecule has 0 aliphatic heterocycles. The first-order valence-corrected chi connectivity index (χ1v) is 11.3. The minimum absolute atomic E-state index is 0.207. The maximum Gasteiger partial charge on any atom is 0.356 e. The SMILES string of the molecule is COC(=O)c1cc(-c2nnn(C[C@H]3CC[C@H](CS(C)(=O)=O)CC3)n2)cc(C)n1. The van der Waals surface area contributed by atoms with E-state index in [1.807, 2.05) is 0 Å². The van der Waals surface area contributed by atoms with Gasteiger partial charge in [0.2, 0.25) is 5.82 Å². The summed E-state index contributed by atoms with van der Waals surface area (Å²) in [7, 11) is -1.61. The van der Waals surface area contributed by atoms with Crippen molar-refractivity contribution in [2.75, 3.05) is 19.1 Å². The van der Waals surface area contributed by atoms with Crippen LogP contribution < -0.4 is 0 Å². The first-order valence-electron chi connectivity index (χ1n) is 9.26. The van der Waals surface area contributed by atoms with E-state index in [2.05, 4.69) is 20.4 Å². The van der Waals surface area contributed by atoms with E-state index in [0.29, 0.717) is 29.5 Å². The minimum atomic E-state index is -2.92. The van der Waals surface area contributed by atoms with Crippen LogP contribution in [0.5, 0.6) is 0 Å². The smallest absolute Gasteiger partial charge is 0.356 e. The van der Waals surface area contributed by atoms with Crippen LogP contribution in [-0.4, -0.2) is 58.7 Å². The van der Waals surface area contributed by atoms with Gasteiger partial charge in [-0.25, -0.2) is 18.2 Å². The van der Waals surface area contributed by atoms with Gasteiger partial charge < -0.3 is 4.74 Å². The molecule has 152 valence electrons. The first-order chi connectivity index (χ1) is 13.2. The van der Waals surface area contributed by atoms with Crippen LogP contribution in [0.25, 0.3) is 11.4 Å². The van der Waals surface area contributed by atoms with Crippen LogP contribution >= 0.6 is 0 Å². The normalized spacial score (nSPS) is 20.1. The Morgan fingerprint density at radius 2 is 1.89 bits per heavy atom. The van der Waals surface area contributed by atoms with E-state index >= 15 is 0 Å². The number of aryl methyl sites for hydroxylation is 1. The maximum absolute atomic E-state index is 11.7.